The number of ether oxygens (including phenoxy) is 2. The predicted molar refractivity (Wildman–Crippen MR) is 87.6 cm³/mol. The van der Waals surface area contributed by atoms with E-state index in [9.17, 15) is 14.0 Å². The number of halogens is 1. The topological polar surface area (TPSA) is 69.0 Å². The van der Waals surface area contributed by atoms with Crippen LogP contribution in [0.5, 0.6) is 5.75 Å². The van der Waals surface area contributed by atoms with Crippen LogP contribution >= 0.6 is 0 Å². The zero-order chi connectivity index (χ0) is 18.4. The van der Waals surface area contributed by atoms with Gasteiger partial charge in [-0.2, -0.15) is 0 Å². The predicted octanol–water partition coefficient (Wildman–Crippen LogP) is 3.02. The van der Waals surface area contributed by atoms with Gasteiger partial charge in [-0.05, 0) is 50.2 Å². The number of nitrogens with zero attached hydrogens (tertiary/aromatic N) is 1. The maximum Gasteiger partial charge on any atom is 0.325 e. The molecular formula is C18H20FNO5. The van der Waals surface area contributed by atoms with E-state index in [1.165, 1.54) is 42.3 Å². The fourth-order valence-corrected chi connectivity index (χ4v) is 2.09. The van der Waals surface area contributed by atoms with Gasteiger partial charge in [0.1, 0.15) is 30.5 Å². The maximum absolute atomic E-state index is 12.8. The van der Waals surface area contributed by atoms with E-state index in [4.69, 9.17) is 9.15 Å². The Bertz CT molecular complexity index is 723. The molecule has 0 radical (unpaired) electrons. The number of carbonyl (C=O) groups is 2. The third kappa shape index (κ3) is 5.07. The maximum atomic E-state index is 12.8. The summed E-state index contributed by atoms with van der Waals surface area (Å²) >= 11 is 0. The molecule has 0 bridgehead atoms. The largest absolute Gasteiger partial charge is 0.486 e. The van der Waals surface area contributed by atoms with Crippen LogP contribution in [0, 0.1) is 5.82 Å². The molecule has 0 aliphatic rings. The highest BCUT2D eigenvalue weighted by molar-refractivity contribution is 5.93. The lowest BCUT2D eigenvalue weighted by molar-refractivity contribution is -0.141. The summed E-state index contributed by atoms with van der Waals surface area (Å²) in [7, 11) is 1.27. The monoisotopic (exact) mass is 349 g/mol. The molecule has 2 rings (SSSR count). The summed E-state index contributed by atoms with van der Waals surface area (Å²) in [6.07, 6.45) is 0. The van der Waals surface area contributed by atoms with Crippen molar-refractivity contribution in [2.75, 3.05) is 13.7 Å². The number of amides is 1. The molecule has 134 valence electrons. The first-order chi connectivity index (χ1) is 11.9. The smallest absolute Gasteiger partial charge is 0.325 e. The van der Waals surface area contributed by atoms with Crippen molar-refractivity contribution in [2.24, 2.45) is 0 Å². The quantitative estimate of drug-likeness (QED) is 0.719. The summed E-state index contributed by atoms with van der Waals surface area (Å²) in [5.41, 5.74) is 0. The molecule has 25 heavy (non-hydrogen) atoms. The van der Waals surface area contributed by atoms with Crippen LogP contribution in [0.3, 0.4) is 0 Å². The van der Waals surface area contributed by atoms with Gasteiger partial charge in [0, 0.05) is 6.04 Å². The number of furan rings is 1. The van der Waals surface area contributed by atoms with Crippen molar-refractivity contribution in [1.29, 1.82) is 0 Å². The van der Waals surface area contributed by atoms with E-state index in [0.29, 0.717) is 11.5 Å². The van der Waals surface area contributed by atoms with Crippen LogP contribution in [-0.4, -0.2) is 36.5 Å². The Balaban J connectivity index is 2.01. The first-order valence-corrected chi connectivity index (χ1v) is 7.75. The SMILES string of the molecule is COC(=O)CN(C(=O)c1ccc(COc2ccc(F)cc2)o1)C(C)C. The fraction of sp³-hybridized carbons (Fsp3) is 0.333. The number of benzene rings is 1. The van der Waals surface area contributed by atoms with Crippen LogP contribution in [0.25, 0.3) is 0 Å². The molecule has 0 saturated heterocycles. The summed E-state index contributed by atoms with van der Waals surface area (Å²) in [6, 6.07) is 8.53. The van der Waals surface area contributed by atoms with E-state index in [2.05, 4.69) is 4.74 Å². The van der Waals surface area contributed by atoms with Gasteiger partial charge in [0.2, 0.25) is 0 Å². The Morgan fingerprint density at radius 1 is 1.16 bits per heavy atom. The second-order valence-corrected chi connectivity index (χ2v) is 5.61. The number of hydrogen-bond donors (Lipinski definition) is 0. The average molecular weight is 349 g/mol. The van der Waals surface area contributed by atoms with Crippen molar-refractivity contribution in [3.63, 3.8) is 0 Å². The lowest BCUT2D eigenvalue weighted by Gasteiger charge is -2.24. The van der Waals surface area contributed by atoms with Crippen LogP contribution in [0.2, 0.25) is 0 Å². The average Bonchev–Trinajstić information content (AvgIpc) is 3.07. The van der Waals surface area contributed by atoms with Gasteiger partial charge in [-0.25, -0.2) is 4.39 Å². The molecule has 1 aromatic carbocycles. The van der Waals surface area contributed by atoms with Gasteiger partial charge < -0.3 is 18.8 Å². The van der Waals surface area contributed by atoms with E-state index in [1.54, 1.807) is 19.9 Å². The third-order valence-electron chi connectivity index (χ3n) is 3.48. The van der Waals surface area contributed by atoms with Crippen LogP contribution in [0.1, 0.15) is 30.2 Å². The number of esters is 1. The summed E-state index contributed by atoms with van der Waals surface area (Å²) in [4.78, 5) is 25.3. The van der Waals surface area contributed by atoms with Gasteiger partial charge in [0.25, 0.3) is 5.91 Å². The minimum absolute atomic E-state index is 0.0948. The molecule has 1 aromatic heterocycles. The molecule has 6 nitrogen and oxygen atoms in total. The number of rotatable bonds is 7. The molecular weight excluding hydrogens is 329 g/mol. The Hall–Kier alpha value is -2.83. The second-order valence-electron chi connectivity index (χ2n) is 5.61. The lowest BCUT2D eigenvalue weighted by atomic mass is 10.2. The third-order valence-corrected chi connectivity index (χ3v) is 3.48. The van der Waals surface area contributed by atoms with E-state index in [0.717, 1.165) is 0 Å². The zero-order valence-corrected chi connectivity index (χ0v) is 14.3. The van der Waals surface area contributed by atoms with E-state index < -0.39 is 11.9 Å². The molecule has 1 heterocycles. The molecule has 7 heteroatoms. The van der Waals surface area contributed by atoms with Crippen LogP contribution in [0.4, 0.5) is 4.39 Å². The van der Waals surface area contributed by atoms with Crippen molar-refractivity contribution in [3.05, 3.63) is 53.7 Å². The van der Waals surface area contributed by atoms with Gasteiger partial charge >= 0.3 is 5.97 Å². The summed E-state index contributed by atoms with van der Waals surface area (Å²) in [6.45, 7) is 3.53. The first-order valence-electron chi connectivity index (χ1n) is 7.75. The standard InChI is InChI=1S/C18H20FNO5/c1-12(2)20(10-17(21)23-3)18(22)16-9-8-15(25-16)11-24-14-6-4-13(19)5-7-14/h4-9,12H,10-11H2,1-3H3. The molecule has 0 N–H and O–H groups in total. The minimum Gasteiger partial charge on any atom is -0.486 e. The van der Waals surface area contributed by atoms with E-state index in [1.807, 2.05) is 0 Å². The van der Waals surface area contributed by atoms with Gasteiger partial charge in [-0.1, -0.05) is 0 Å². The van der Waals surface area contributed by atoms with Crippen LogP contribution in [0.15, 0.2) is 40.8 Å². The Morgan fingerprint density at radius 3 is 2.44 bits per heavy atom. The number of carbonyl (C=O) groups excluding carboxylic acids is 2. The first kappa shape index (κ1) is 18.5. The van der Waals surface area contributed by atoms with Crippen molar-refractivity contribution < 1.29 is 27.9 Å². The highest BCUT2D eigenvalue weighted by Crippen LogP contribution is 2.17. The molecule has 2 aromatic rings. The van der Waals surface area contributed by atoms with E-state index in [-0.39, 0.29) is 30.8 Å². The second kappa shape index (κ2) is 8.32. The minimum atomic E-state index is -0.506. The van der Waals surface area contributed by atoms with Crippen LogP contribution < -0.4 is 4.74 Å². The normalized spacial score (nSPS) is 10.6. The number of methoxy groups -OCH3 is 1. The molecule has 1 amide bonds. The molecule has 0 atom stereocenters. The van der Waals surface area contributed by atoms with Crippen LogP contribution in [-0.2, 0) is 16.1 Å². The Kier molecular flexibility index (Phi) is 6.16. The van der Waals surface area contributed by atoms with Crippen molar-refractivity contribution in [2.45, 2.75) is 26.5 Å². The molecule has 0 fully saturated rings. The molecule has 0 aliphatic carbocycles. The van der Waals surface area contributed by atoms with Gasteiger partial charge in [-0.15, -0.1) is 0 Å². The summed E-state index contributed by atoms with van der Waals surface area (Å²) < 4.78 is 28.4. The summed E-state index contributed by atoms with van der Waals surface area (Å²) in [5, 5.41) is 0. The number of hydrogen-bond acceptors (Lipinski definition) is 5. The fourth-order valence-electron chi connectivity index (χ4n) is 2.09. The van der Waals surface area contributed by atoms with Crippen molar-refractivity contribution in [1.82, 2.24) is 4.90 Å². The zero-order valence-electron chi connectivity index (χ0n) is 14.3. The van der Waals surface area contributed by atoms with Gasteiger partial charge in [0.05, 0.1) is 7.11 Å². The Morgan fingerprint density at radius 2 is 1.84 bits per heavy atom. The molecule has 0 spiro atoms. The van der Waals surface area contributed by atoms with Crippen molar-refractivity contribution >= 4 is 11.9 Å². The van der Waals surface area contributed by atoms with Gasteiger partial charge in [-0.3, -0.25) is 9.59 Å². The highest BCUT2D eigenvalue weighted by Gasteiger charge is 2.24. The molecule has 0 unspecified atom stereocenters. The highest BCUT2D eigenvalue weighted by atomic mass is 19.1. The molecule has 0 aliphatic heterocycles. The molecule has 0 saturated carbocycles. The van der Waals surface area contributed by atoms with E-state index >= 15 is 0 Å². The van der Waals surface area contributed by atoms with Gasteiger partial charge in [0.15, 0.2) is 5.76 Å². The summed E-state index contributed by atoms with van der Waals surface area (Å²) in [5.74, 6) is -0.232. The van der Waals surface area contributed by atoms with Crippen molar-refractivity contribution in [3.8, 4) is 5.75 Å². The Labute approximate surface area is 145 Å². The lowest BCUT2D eigenvalue weighted by Crippen LogP contribution is -2.40.